The number of hydrogen-bond acceptors (Lipinski definition) is 5. The highest BCUT2D eigenvalue weighted by Gasteiger charge is 2.04. The third-order valence-electron chi connectivity index (χ3n) is 2.47. The van der Waals surface area contributed by atoms with E-state index in [2.05, 4.69) is 20.6 Å². The maximum absolute atomic E-state index is 4.74. The lowest BCUT2D eigenvalue weighted by Gasteiger charge is -1.96. The molecule has 0 aliphatic heterocycles. The van der Waals surface area contributed by atoms with E-state index >= 15 is 0 Å². The van der Waals surface area contributed by atoms with E-state index in [0.717, 1.165) is 17.0 Å². The zero-order valence-corrected chi connectivity index (χ0v) is 9.29. The number of anilines is 1. The second-order valence-electron chi connectivity index (χ2n) is 3.72. The van der Waals surface area contributed by atoms with Crippen LogP contribution in [0.25, 0.3) is 5.65 Å². The average Bonchev–Trinajstić information content (AvgIpc) is 2.95. The maximum Gasteiger partial charge on any atom is 0.243 e. The fraction of sp³-hybridized carbons (Fsp3) is 0.182. The van der Waals surface area contributed by atoms with Crippen molar-refractivity contribution >= 4 is 11.6 Å². The van der Waals surface area contributed by atoms with Crippen molar-refractivity contribution in [3.05, 3.63) is 41.9 Å². The van der Waals surface area contributed by atoms with Crippen molar-refractivity contribution in [3.63, 3.8) is 0 Å². The summed E-state index contributed by atoms with van der Waals surface area (Å²) < 4.78 is 6.54. The number of rotatable bonds is 3. The predicted octanol–water partition coefficient (Wildman–Crippen LogP) is 1.64. The first-order valence-electron chi connectivity index (χ1n) is 5.28. The van der Waals surface area contributed by atoms with Gasteiger partial charge in [-0.05, 0) is 19.1 Å². The minimum atomic E-state index is 0.548. The number of aryl methyl sites for hydroxylation is 1. The lowest BCUT2D eigenvalue weighted by Crippen LogP contribution is -2.01. The van der Waals surface area contributed by atoms with Crippen LogP contribution in [-0.4, -0.2) is 19.8 Å². The molecule has 17 heavy (non-hydrogen) atoms. The Labute approximate surface area is 97.3 Å². The van der Waals surface area contributed by atoms with Gasteiger partial charge in [-0.3, -0.25) is 0 Å². The van der Waals surface area contributed by atoms with Crippen LogP contribution < -0.4 is 5.32 Å². The van der Waals surface area contributed by atoms with Gasteiger partial charge in [-0.2, -0.15) is 4.98 Å². The smallest absolute Gasteiger partial charge is 0.243 e. The summed E-state index contributed by atoms with van der Waals surface area (Å²) in [6.07, 6.45) is 1.54. The van der Waals surface area contributed by atoms with E-state index in [1.54, 1.807) is 10.6 Å². The van der Waals surface area contributed by atoms with Crippen molar-refractivity contribution < 1.29 is 4.52 Å². The number of nitrogens with zero attached hydrogens (tertiary/aromatic N) is 4. The molecule has 6 heteroatoms. The molecule has 0 amide bonds. The van der Waals surface area contributed by atoms with Crippen LogP contribution in [-0.2, 0) is 6.54 Å². The standard InChI is InChI=1S/C11H11N5O/c1-8-3-2-4-10-13-11(14-16(8)10)12-7-9-5-6-17-15-9/h2-6H,7H2,1H3,(H,12,14). The summed E-state index contributed by atoms with van der Waals surface area (Å²) in [5, 5.41) is 11.2. The summed E-state index contributed by atoms with van der Waals surface area (Å²) in [5.41, 5.74) is 2.69. The quantitative estimate of drug-likeness (QED) is 0.739. The Bertz CT molecular complexity index is 628. The fourth-order valence-corrected chi connectivity index (χ4v) is 1.61. The molecule has 6 nitrogen and oxygen atoms in total. The minimum Gasteiger partial charge on any atom is -0.364 e. The maximum atomic E-state index is 4.74. The van der Waals surface area contributed by atoms with E-state index < -0.39 is 0 Å². The van der Waals surface area contributed by atoms with Gasteiger partial charge >= 0.3 is 0 Å². The van der Waals surface area contributed by atoms with Gasteiger partial charge in [0.05, 0.1) is 6.54 Å². The summed E-state index contributed by atoms with van der Waals surface area (Å²) in [6.45, 7) is 2.54. The van der Waals surface area contributed by atoms with Crippen LogP contribution in [0.15, 0.2) is 35.1 Å². The first-order chi connectivity index (χ1) is 8.33. The Hall–Kier alpha value is -2.37. The van der Waals surface area contributed by atoms with Crippen molar-refractivity contribution in [1.29, 1.82) is 0 Å². The van der Waals surface area contributed by atoms with Crippen LogP contribution in [0.4, 0.5) is 5.95 Å². The van der Waals surface area contributed by atoms with Gasteiger partial charge in [0.1, 0.15) is 12.0 Å². The third-order valence-corrected chi connectivity index (χ3v) is 2.47. The highest BCUT2D eigenvalue weighted by Crippen LogP contribution is 2.08. The fourth-order valence-electron chi connectivity index (χ4n) is 1.61. The van der Waals surface area contributed by atoms with Crippen molar-refractivity contribution in [1.82, 2.24) is 19.8 Å². The number of nitrogens with one attached hydrogen (secondary N) is 1. The first kappa shape index (κ1) is 9.83. The molecule has 0 aromatic carbocycles. The molecule has 3 aromatic rings. The van der Waals surface area contributed by atoms with E-state index in [0.29, 0.717) is 12.5 Å². The molecule has 0 bridgehead atoms. The SMILES string of the molecule is Cc1cccc2nc(NCc3ccon3)nn12. The molecule has 0 saturated carbocycles. The van der Waals surface area contributed by atoms with Gasteiger partial charge in [0.2, 0.25) is 5.95 Å². The Balaban J connectivity index is 1.84. The van der Waals surface area contributed by atoms with Gasteiger partial charge in [-0.15, -0.1) is 5.10 Å². The normalized spacial score (nSPS) is 10.9. The lowest BCUT2D eigenvalue weighted by atomic mass is 10.4. The molecular formula is C11H11N5O. The molecule has 3 rings (SSSR count). The molecule has 0 spiro atoms. The zero-order chi connectivity index (χ0) is 11.7. The van der Waals surface area contributed by atoms with Crippen LogP contribution in [0.3, 0.4) is 0 Å². The zero-order valence-electron chi connectivity index (χ0n) is 9.29. The third kappa shape index (κ3) is 1.84. The van der Waals surface area contributed by atoms with Crippen molar-refractivity contribution in [2.24, 2.45) is 0 Å². The van der Waals surface area contributed by atoms with Crippen molar-refractivity contribution in [3.8, 4) is 0 Å². The lowest BCUT2D eigenvalue weighted by molar-refractivity contribution is 0.412. The van der Waals surface area contributed by atoms with E-state index in [1.165, 1.54) is 6.26 Å². The van der Waals surface area contributed by atoms with Gasteiger partial charge in [0.15, 0.2) is 5.65 Å². The second-order valence-corrected chi connectivity index (χ2v) is 3.72. The molecule has 3 heterocycles. The van der Waals surface area contributed by atoms with Gasteiger partial charge in [0.25, 0.3) is 0 Å². The number of aromatic nitrogens is 4. The monoisotopic (exact) mass is 229 g/mol. The molecule has 86 valence electrons. The van der Waals surface area contributed by atoms with Gasteiger partial charge in [0, 0.05) is 11.8 Å². The largest absolute Gasteiger partial charge is 0.364 e. The molecule has 0 unspecified atom stereocenters. The summed E-state index contributed by atoms with van der Waals surface area (Å²) >= 11 is 0. The molecule has 0 aliphatic rings. The van der Waals surface area contributed by atoms with Gasteiger partial charge in [-0.25, -0.2) is 4.52 Å². The molecule has 1 N–H and O–H groups in total. The highest BCUT2D eigenvalue weighted by atomic mass is 16.5. The Kier molecular flexibility index (Phi) is 2.25. The minimum absolute atomic E-state index is 0.548. The molecule has 0 fully saturated rings. The Morgan fingerprint density at radius 1 is 1.35 bits per heavy atom. The molecule has 0 aliphatic carbocycles. The first-order valence-corrected chi connectivity index (χ1v) is 5.28. The van der Waals surface area contributed by atoms with Crippen LogP contribution in [0.2, 0.25) is 0 Å². The number of fused-ring (bicyclic) bond motifs is 1. The highest BCUT2D eigenvalue weighted by molar-refractivity contribution is 5.44. The topological polar surface area (TPSA) is 68.2 Å². The molecule has 3 aromatic heterocycles. The van der Waals surface area contributed by atoms with E-state index in [-0.39, 0.29) is 0 Å². The van der Waals surface area contributed by atoms with E-state index in [4.69, 9.17) is 4.52 Å². The molecular weight excluding hydrogens is 218 g/mol. The average molecular weight is 229 g/mol. The van der Waals surface area contributed by atoms with Crippen LogP contribution in [0, 0.1) is 6.92 Å². The number of hydrogen-bond donors (Lipinski definition) is 1. The van der Waals surface area contributed by atoms with Crippen LogP contribution in [0.5, 0.6) is 0 Å². The van der Waals surface area contributed by atoms with Crippen molar-refractivity contribution in [2.75, 3.05) is 5.32 Å². The van der Waals surface area contributed by atoms with Gasteiger partial charge in [-0.1, -0.05) is 11.2 Å². The van der Waals surface area contributed by atoms with Crippen LogP contribution >= 0.6 is 0 Å². The molecule has 0 saturated heterocycles. The Morgan fingerprint density at radius 2 is 2.29 bits per heavy atom. The molecule has 0 radical (unpaired) electrons. The van der Waals surface area contributed by atoms with Crippen LogP contribution in [0.1, 0.15) is 11.4 Å². The van der Waals surface area contributed by atoms with E-state index in [9.17, 15) is 0 Å². The summed E-state index contributed by atoms with van der Waals surface area (Å²) in [7, 11) is 0. The summed E-state index contributed by atoms with van der Waals surface area (Å²) in [6, 6.07) is 7.67. The number of pyridine rings is 1. The second kappa shape index (κ2) is 3.89. The Morgan fingerprint density at radius 3 is 3.06 bits per heavy atom. The van der Waals surface area contributed by atoms with E-state index in [1.807, 2.05) is 25.1 Å². The predicted molar refractivity (Wildman–Crippen MR) is 61.6 cm³/mol. The van der Waals surface area contributed by atoms with Gasteiger partial charge < -0.3 is 9.84 Å². The summed E-state index contributed by atoms with van der Waals surface area (Å²) in [5.74, 6) is 0.585. The van der Waals surface area contributed by atoms with Crippen molar-refractivity contribution in [2.45, 2.75) is 13.5 Å². The summed E-state index contributed by atoms with van der Waals surface area (Å²) in [4.78, 5) is 4.36. The molecule has 0 atom stereocenters.